The fourth-order valence-corrected chi connectivity index (χ4v) is 6.90. The van der Waals surface area contributed by atoms with Crippen LogP contribution in [0.3, 0.4) is 0 Å². The fraction of sp³-hybridized carbons (Fsp3) is 0.333. The zero-order chi connectivity index (χ0) is 25.9. The largest absolute Gasteiger partial charge is 0.488 e. The zero-order valence-electron chi connectivity index (χ0n) is 20.5. The van der Waals surface area contributed by atoms with Gasteiger partial charge in [0.15, 0.2) is 5.78 Å². The van der Waals surface area contributed by atoms with Gasteiger partial charge in [0.1, 0.15) is 23.4 Å². The Morgan fingerprint density at radius 2 is 2.03 bits per heavy atom. The van der Waals surface area contributed by atoms with Gasteiger partial charge in [0.2, 0.25) is 10.0 Å². The standard InChI is InChI=1S/C27H29NO6S2/c1-4-23-14-28(36(31,32)27-8-6-5-7-25(27)34-23)13-21-11-20(10-9-18(21)2)24(15-33-17-29)26-12-22(16-35-26)19(3)30/h5-12,16-17,23-24H,4,13-15H2,1-3H3/t23-,24?/m1/s1. The molecule has 1 aromatic heterocycles. The van der Waals surface area contributed by atoms with E-state index in [9.17, 15) is 18.0 Å². The number of hydrogen-bond donors (Lipinski definition) is 0. The molecular formula is C27H29NO6S2. The van der Waals surface area contributed by atoms with E-state index in [1.165, 1.54) is 22.6 Å². The number of nitrogens with zero attached hydrogens (tertiary/aromatic N) is 1. The van der Waals surface area contributed by atoms with Crippen molar-refractivity contribution in [3.63, 3.8) is 0 Å². The Morgan fingerprint density at radius 3 is 2.72 bits per heavy atom. The van der Waals surface area contributed by atoms with E-state index in [1.807, 2.05) is 38.1 Å². The molecule has 9 heteroatoms. The molecule has 1 aliphatic heterocycles. The number of thiophene rings is 1. The number of fused-ring (bicyclic) bond motifs is 1. The minimum atomic E-state index is -3.78. The number of sulfonamides is 1. The van der Waals surface area contributed by atoms with Crippen LogP contribution in [0.25, 0.3) is 0 Å². The molecule has 4 rings (SSSR count). The molecule has 0 saturated carbocycles. The first kappa shape index (κ1) is 26.1. The SMILES string of the molecule is CC[C@@H]1CN(Cc2cc(C(COC=O)c3cc(C(C)=O)cs3)ccc2C)S(=O)(=O)c2ccccc2O1. The highest BCUT2D eigenvalue weighted by atomic mass is 32.2. The van der Waals surface area contributed by atoms with Gasteiger partial charge in [0.25, 0.3) is 6.47 Å². The monoisotopic (exact) mass is 527 g/mol. The number of carbonyl (C=O) groups excluding carboxylic acids is 2. The molecule has 2 heterocycles. The summed E-state index contributed by atoms with van der Waals surface area (Å²) in [7, 11) is -3.78. The van der Waals surface area contributed by atoms with Crippen molar-refractivity contribution in [2.24, 2.45) is 0 Å². The molecule has 190 valence electrons. The number of benzene rings is 2. The molecule has 36 heavy (non-hydrogen) atoms. The minimum absolute atomic E-state index is 0.0310. The van der Waals surface area contributed by atoms with Gasteiger partial charge in [-0.05, 0) is 55.2 Å². The van der Waals surface area contributed by atoms with E-state index in [2.05, 4.69) is 0 Å². The molecule has 0 bridgehead atoms. The first-order chi connectivity index (χ1) is 17.2. The van der Waals surface area contributed by atoms with Gasteiger partial charge in [-0.25, -0.2) is 8.42 Å². The van der Waals surface area contributed by atoms with E-state index in [4.69, 9.17) is 9.47 Å². The van der Waals surface area contributed by atoms with Gasteiger partial charge in [-0.15, -0.1) is 11.3 Å². The van der Waals surface area contributed by atoms with Crippen molar-refractivity contribution in [1.82, 2.24) is 4.31 Å². The van der Waals surface area contributed by atoms with Crippen molar-refractivity contribution in [1.29, 1.82) is 0 Å². The summed E-state index contributed by atoms with van der Waals surface area (Å²) in [6.07, 6.45) is 0.401. The number of aryl methyl sites for hydroxylation is 1. The van der Waals surface area contributed by atoms with Crippen LogP contribution in [-0.2, 0) is 26.1 Å². The summed E-state index contributed by atoms with van der Waals surface area (Å²) in [4.78, 5) is 23.9. The van der Waals surface area contributed by atoms with Gasteiger partial charge in [0, 0.05) is 22.4 Å². The maximum Gasteiger partial charge on any atom is 0.293 e. The lowest BCUT2D eigenvalue weighted by molar-refractivity contribution is -0.128. The van der Waals surface area contributed by atoms with Crippen molar-refractivity contribution in [2.75, 3.05) is 13.2 Å². The number of ketones is 1. The lowest BCUT2D eigenvalue weighted by Gasteiger charge is -2.24. The number of carbonyl (C=O) groups is 2. The number of ether oxygens (including phenoxy) is 2. The summed E-state index contributed by atoms with van der Waals surface area (Å²) >= 11 is 1.44. The Labute approximate surface area is 215 Å². The Bertz CT molecular complexity index is 1360. The molecule has 0 radical (unpaired) electrons. The first-order valence-electron chi connectivity index (χ1n) is 11.7. The molecule has 2 atom stereocenters. The van der Waals surface area contributed by atoms with Crippen molar-refractivity contribution >= 4 is 33.6 Å². The molecule has 0 N–H and O–H groups in total. The molecule has 1 unspecified atom stereocenters. The second-order valence-electron chi connectivity index (χ2n) is 8.85. The third-order valence-electron chi connectivity index (χ3n) is 6.45. The predicted octanol–water partition coefficient (Wildman–Crippen LogP) is 4.93. The summed E-state index contributed by atoms with van der Waals surface area (Å²) in [5.74, 6) is 0.0692. The maximum atomic E-state index is 13.6. The Hall–Kier alpha value is -3.01. The van der Waals surface area contributed by atoms with Crippen LogP contribution < -0.4 is 4.74 Å². The molecule has 0 spiro atoms. The molecule has 1 aliphatic rings. The van der Waals surface area contributed by atoms with Crippen molar-refractivity contribution in [3.8, 4) is 5.75 Å². The average Bonchev–Trinajstić information content (AvgIpc) is 3.32. The fourth-order valence-electron chi connectivity index (χ4n) is 4.27. The summed E-state index contributed by atoms with van der Waals surface area (Å²) in [6.45, 7) is 6.38. The first-order valence-corrected chi connectivity index (χ1v) is 14.1. The second kappa shape index (κ2) is 10.9. The zero-order valence-corrected chi connectivity index (χ0v) is 22.1. The Morgan fingerprint density at radius 1 is 1.25 bits per heavy atom. The van der Waals surface area contributed by atoms with Crippen LogP contribution in [0.5, 0.6) is 5.75 Å². The highest BCUT2D eigenvalue weighted by Crippen LogP contribution is 2.35. The normalized spacial score (nSPS) is 17.9. The summed E-state index contributed by atoms with van der Waals surface area (Å²) in [5.41, 5.74) is 3.29. The Kier molecular flexibility index (Phi) is 7.92. The number of Topliss-reactive ketones (excluding diaryl/α,β-unsaturated/α-hetero) is 1. The number of hydrogen-bond acceptors (Lipinski definition) is 7. The molecule has 0 amide bonds. The highest BCUT2D eigenvalue weighted by molar-refractivity contribution is 7.89. The van der Waals surface area contributed by atoms with Crippen molar-refractivity contribution < 1.29 is 27.5 Å². The second-order valence-corrected chi connectivity index (χ2v) is 11.7. The van der Waals surface area contributed by atoms with Crippen LogP contribution >= 0.6 is 11.3 Å². The summed E-state index contributed by atoms with van der Waals surface area (Å²) in [5, 5.41) is 1.80. The molecular weight excluding hydrogens is 498 g/mol. The van der Waals surface area contributed by atoms with Crippen LogP contribution in [0.15, 0.2) is 58.8 Å². The molecule has 0 aliphatic carbocycles. The van der Waals surface area contributed by atoms with E-state index < -0.39 is 10.0 Å². The lowest BCUT2D eigenvalue weighted by Crippen LogP contribution is -2.36. The third-order valence-corrected chi connectivity index (χ3v) is 9.34. The number of rotatable bonds is 9. The smallest absolute Gasteiger partial charge is 0.293 e. The van der Waals surface area contributed by atoms with Gasteiger partial charge in [-0.1, -0.05) is 37.3 Å². The predicted molar refractivity (Wildman–Crippen MR) is 138 cm³/mol. The van der Waals surface area contributed by atoms with E-state index >= 15 is 0 Å². The van der Waals surface area contributed by atoms with Gasteiger partial charge < -0.3 is 9.47 Å². The van der Waals surface area contributed by atoms with E-state index in [0.29, 0.717) is 24.2 Å². The lowest BCUT2D eigenvalue weighted by atomic mass is 9.94. The van der Waals surface area contributed by atoms with Crippen LogP contribution in [0.1, 0.15) is 58.1 Å². The summed E-state index contributed by atoms with van der Waals surface area (Å²) in [6, 6.07) is 14.4. The van der Waals surface area contributed by atoms with E-state index in [0.717, 1.165) is 21.6 Å². The molecule has 2 aromatic carbocycles. The van der Waals surface area contributed by atoms with Crippen molar-refractivity contribution in [2.45, 2.75) is 50.7 Å². The molecule has 7 nitrogen and oxygen atoms in total. The van der Waals surface area contributed by atoms with Crippen LogP contribution in [0.4, 0.5) is 0 Å². The van der Waals surface area contributed by atoms with Gasteiger partial charge >= 0.3 is 0 Å². The van der Waals surface area contributed by atoms with Gasteiger partial charge in [-0.2, -0.15) is 4.31 Å². The molecule has 3 aromatic rings. The number of para-hydroxylation sites is 1. The van der Waals surface area contributed by atoms with Crippen molar-refractivity contribution in [3.05, 3.63) is 81.0 Å². The van der Waals surface area contributed by atoms with Gasteiger partial charge in [-0.3, -0.25) is 9.59 Å². The molecule has 0 saturated heterocycles. The van der Waals surface area contributed by atoms with Crippen LogP contribution in [0, 0.1) is 6.92 Å². The van der Waals surface area contributed by atoms with E-state index in [1.54, 1.807) is 29.6 Å². The quantitative estimate of drug-likeness (QED) is 0.290. The van der Waals surface area contributed by atoms with E-state index in [-0.39, 0.29) is 42.4 Å². The van der Waals surface area contributed by atoms with Crippen LogP contribution in [0.2, 0.25) is 0 Å². The Balaban J connectivity index is 1.71. The highest BCUT2D eigenvalue weighted by Gasteiger charge is 2.34. The van der Waals surface area contributed by atoms with Gasteiger partial charge in [0.05, 0.1) is 12.5 Å². The molecule has 0 fully saturated rings. The van der Waals surface area contributed by atoms with Crippen LogP contribution in [-0.4, -0.2) is 44.2 Å². The summed E-state index contributed by atoms with van der Waals surface area (Å²) < 4.78 is 39.9. The maximum absolute atomic E-state index is 13.6. The third kappa shape index (κ3) is 5.38. The topological polar surface area (TPSA) is 90.0 Å². The average molecular weight is 528 g/mol. The minimum Gasteiger partial charge on any atom is -0.488 e.